The van der Waals surface area contributed by atoms with Crippen LogP contribution in [0.15, 0.2) is 17.5 Å². The lowest BCUT2D eigenvalue weighted by Gasteiger charge is -1.98. The van der Waals surface area contributed by atoms with Gasteiger partial charge >= 0.3 is 0 Å². The number of rotatable bonds is 0. The van der Waals surface area contributed by atoms with Crippen LogP contribution in [0.4, 0.5) is 0 Å². The average molecular weight is 299 g/mol. The molecule has 13 heavy (non-hydrogen) atoms. The lowest BCUT2D eigenvalue weighted by molar-refractivity contribution is 1.49. The maximum absolute atomic E-state index is 8.89. The van der Waals surface area contributed by atoms with Crippen molar-refractivity contribution < 1.29 is 0 Å². The molecule has 0 aliphatic carbocycles. The van der Waals surface area contributed by atoms with Crippen molar-refractivity contribution in [2.75, 3.05) is 0 Å². The Labute approximate surface area is 94.1 Å². The summed E-state index contributed by atoms with van der Waals surface area (Å²) < 4.78 is 2.46. The maximum Gasteiger partial charge on any atom is 0.101 e. The van der Waals surface area contributed by atoms with Gasteiger partial charge in [-0.15, -0.1) is 11.3 Å². The summed E-state index contributed by atoms with van der Waals surface area (Å²) in [5.74, 6) is 0. The Balaban J connectivity index is 2.98. The summed E-state index contributed by atoms with van der Waals surface area (Å²) in [5.41, 5.74) is 1.99. The van der Waals surface area contributed by atoms with Gasteiger partial charge in [-0.3, -0.25) is 0 Å². The third kappa shape index (κ3) is 1.34. The van der Waals surface area contributed by atoms with E-state index in [9.17, 15) is 0 Å². The van der Waals surface area contributed by atoms with Gasteiger partial charge in [0.15, 0.2) is 0 Å². The standard InChI is InChI=1S/C10H6INS/c1-6-2-3-8(11)10-9(6)7(4-12)5-13-10/h2-3,5H,1H3. The van der Waals surface area contributed by atoms with Gasteiger partial charge in [-0.25, -0.2) is 0 Å². The highest BCUT2D eigenvalue weighted by atomic mass is 127. The van der Waals surface area contributed by atoms with Crippen molar-refractivity contribution in [3.8, 4) is 6.07 Å². The van der Waals surface area contributed by atoms with Crippen molar-refractivity contribution >= 4 is 44.0 Å². The highest BCUT2D eigenvalue weighted by Gasteiger charge is 2.08. The number of fused-ring (bicyclic) bond motifs is 1. The van der Waals surface area contributed by atoms with E-state index in [1.165, 1.54) is 13.8 Å². The number of nitriles is 1. The number of thiophene rings is 1. The summed E-state index contributed by atoms with van der Waals surface area (Å²) in [5, 5.41) is 11.9. The van der Waals surface area contributed by atoms with E-state index in [2.05, 4.69) is 40.8 Å². The predicted octanol–water partition coefficient (Wildman–Crippen LogP) is 3.69. The van der Waals surface area contributed by atoms with Crippen LogP contribution in [0.5, 0.6) is 0 Å². The molecule has 0 saturated heterocycles. The fraction of sp³-hybridized carbons (Fsp3) is 0.100. The first kappa shape index (κ1) is 8.97. The molecule has 0 radical (unpaired) electrons. The van der Waals surface area contributed by atoms with Crippen molar-refractivity contribution in [3.05, 3.63) is 32.2 Å². The molecule has 0 bridgehead atoms. The molecule has 1 nitrogen and oxygen atoms in total. The molecule has 0 atom stereocenters. The van der Waals surface area contributed by atoms with Gasteiger partial charge in [0.25, 0.3) is 0 Å². The first-order chi connectivity index (χ1) is 6.24. The Bertz CT molecular complexity index is 507. The summed E-state index contributed by atoms with van der Waals surface area (Å²) in [6.07, 6.45) is 0. The Kier molecular flexibility index (Phi) is 2.26. The molecule has 0 N–H and O–H groups in total. The zero-order valence-corrected chi connectivity index (χ0v) is 9.94. The van der Waals surface area contributed by atoms with Gasteiger partial charge in [-0.2, -0.15) is 5.26 Å². The van der Waals surface area contributed by atoms with Crippen LogP contribution in [0, 0.1) is 21.8 Å². The van der Waals surface area contributed by atoms with Crippen molar-refractivity contribution in [1.82, 2.24) is 0 Å². The van der Waals surface area contributed by atoms with Crippen molar-refractivity contribution in [2.24, 2.45) is 0 Å². The number of halogens is 1. The normalized spacial score (nSPS) is 10.2. The van der Waals surface area contributed by atoms with Crippen molar-refractivity contribution in [1.29, 1.82) is 5.26 Å². The summed E-state index contributed by atoms with van der Waals surface area (Å²) in [6, 6.07) is 6.39. The minimum Gasteiger partial charge on any atom is -0.192 e. The van der Waals surface area contributed by atoms with E-state index in [0.29, 0.717) is 0 Å². The van der Waals surface area contributed by atoms with Crippen LogP contribution in [0.2, 0.25) is 0 Å². The quantitative estimate of drug-likeness (QED) is 0.681. The van der Waals surface area contributed by atoms with Crippen LogP contribution in [-0.4, -0.2) is 0 Å². The lowest BCUT2D eigenvalue weighted by atomic mass is 10.1. The molecule has 0 amide bonds. The fourth-order valence-corrected chi connectivity index (χ4v) is 3.17. The lowest BCUT2D eigenvalue weighted by Crippen LogP contribution is -1.79. The molecule has 64 valence electrons. The number of nitrogens with zero attached hydrogens (tertiary/aromatic N) is 1. The van der Waals surface area contributed by atoms with Gasteiger partial charge in [0.1, 0.15) is 6.07 Å². The molecule has 0 spiro atoms. The molecule has 3 heteroatoms. The van der Waals surface area contributed by atoms with Crippen LogP contribution < -0.4 is 0 Å². The van der Waals surface area contributed by atoms with E-state index in [1.54, 1.807) is 11.3 Å². The Hall–Kier alpha value is -0.600. The Morgan fingerprint density at radius 3 is 2.92 bits per heavy atom. The molecule has 2 rings (SSSR count). The van der Waals surface area contributed by atoms with E-state index < -0.39 is 0 Å². The maximum atomic E-state index is 8.89. The molecule has 2 aromatic rings. The van der Waals surface area contributed by atoms with Crippen LogP contribution in [0.1, 0.15) is 11.1 Å². The zero-order chi connectivity index (χ0) is 9.42. The number of aryl methyl sites for hydroxylation is 1. The fourth-order valence-electron chi connectivity index (χ4n) is 1.36. The largest absolute Gasteiger partial charge is 0.192 e. The Morgan fingerprint density at radius 1 is 1.46 bits per heavy atom. The average Bonchev–Trinajstić information content (AvgIpc) is 2.56. The molecule has 0 aliphatic heterocycles. The highest BCUT2D eigenvalue weighted by Crippen LogP contribution is 2.31. The van der Waals surface area contributed by atoms with Crippen LogP contribution >= 0.6 is 33.9 Å². The second kappa shape index (κ2) is 3.28. The van der Waals surface area contributed by atoms with Crippen LogP contribution in [-0.2, 0) is 0 Å². The monoisotopic (exact) mass is 299 g/mol. The molecular weight excluding hydrogens is 293 g/mol. The van der Waals surface area contributed by atoms with E-state index in [1.807, 2.05) is 12.3 Å². The summed E-state index contributed by atoms with van der Waals surface area (Å²) in [4.78, 5) is 0. The van der Waals surface area contributed by atoms with Gasteiger partial charge in [0.05, 0.1) is 5.56 Å². The highest BCUT2D eigenvalue weighted by molar-refractivity contribution is 14.1. The van der Waals surface area contributed by atoms with E-state index >= 15 is 0 Å². The topological polar surface area (TPSA) is 23.8 Å². The van der Waals surface area contributed by atoms with Crippen LogP contribution in [0.3, 0.4) is 0 Å². The first-order valence-electron chi connectivity index (χ1n) is 3.80. The van der Waals surface area contributed by atoms with E-state index in [-0.39, 0.29) is 0 Å². The Morgan fingerprint density at radius 2 is 2.23 bits per heavy atom. The molecule has 1 heterocycles. The zero-order valence-electron chi connectivity index (χ0n) is 6.97. The molecule has 1 aromatic heterocycles. The smallest absolute Gasteiger partial charge is 0.101 e. The number of hydrogen-bond acceptors (Lipinski definition) is 2. The molecule has 1 aromatic carbocycles. The van der Waals surface area contributed by atoms with Crippen molar-refractivity contribution in [2.45, 2.75) is 6.92 Å². The summed E-state index contributed by atoms with van der Waals surface area (Å²) in [7, 11) is 0. The SMILES string of the molecule is Cc1ccc(I)c2scc(C#N)c12. The molecule has 0 fully saturated rings. The van der Waals surface area contributed by atoms with Gasteiger partial charge in [-0.05, 0) is 41.1 Å². The second-order valence-electron chi connectivity index (χ2n) is 2.83. The van der Waals surface area contributed by atoms with E-state index in [0.717, 1.165) is 10.9 Å². The van der Waals surface area contributed by atoms with Gasteiger partial charge in [0.2, 0.25) is 0 Å². The minimum absolute atomic E-state index is 0.802. The first-order valence-corrected chi connectivity index (χ1v) is 5.76. The van der Waals surface area contributed by atoms with Gasteiger partial charge in [0, 0.05) is 19.0 Å². The summed E-state index contributed by atoms with van der Waals surface area (Å²) in [6.45, 7) is 2.05. The molecule has 0 saturated carbocycles. The second-order valence-corrected chi connectivity index (χ2v) is 4.87. The number of benzene rings is 1. The minimum atomic E-state index is 0.802. The molecule has 0 aliphatic rings. The van der Waals surface area contributed by atoms with Gasteiger partial charge < -0.3 is 0 Å². The predicted molar refractivity (Wildman–Crippen MR) is 64.0 cm³/mol. The third-order valence-electron chi connectivity index (χ3n) is 2.00. The van der Waals surface area contributed by atoms with Gasteiger partial charge in [-0.1, -0.05) is 6.07 Å². The third-order valence-corrected chi connectivity index (χ3v) is 4.28. The molecule has 0 unspecified atom stereocenters. The molecular formula is C10H6INS. The number of hydrogen-bond donors (Lipinski definition) is 0. The van der Waals surface area contributed by atoms with Crippen molar-refractivity contribution in [3.63, 3.8) is 0 Å². The van der Waals surface area contributed by atoms with Crippen LogP contribution in [0.25, 0.3) is 10.1 Å². The van der Waals surface area contributed by atoms with E-state index in [4.69, 9.17) is 5.26 Å². The summed E-state index contributed by atoms with van der Waals surface area (Å²) >= 11 is 3.95.